The first-order valence-corrected chi connectivity index (χ1v) is 14.2. The number of thiazole rings is 1. The van der Waals surface area contributed by atoms with Crippen molar-refractivity contribution in [2.45, 2.75) is 18.3 Å². The highest BCUT2D eigenvalue weighted by Crippen LogP contribution is 2.41. The van der Waals surface area contributed by atoms with Crippen LogP contribution in [-0.4, -0.2) is 73.0 Å². The smallest absolute Gasteiger partial charge is 0.352 e. The summed E-state index contributed by atoms with van der Waals surface area (Å²) in [5, 5.41) is 19.5. The maximum absolute atomic E-state index is 13.0. The van der Waals surface area contributed by atoms with Crippen LogP contribution >= 0.6 is 34.9 Å². The number of nitrogen functional groups attached to an aromatic ring is 1. The zero-order valence-electron chi connectivity index (χ0n) is 20.2. The van der Waals surface area contributed by atoms with Crippen molar-refractivity contribution in [2.75, 3.05) is 23.8 Å². The normalized spacial score (nSPS) is 19.2. The molecule has 0 aliphatic carbocycles. The molecule has 14 heteroatoms. The van der Waals surface area contributed by atoms with Crippen LogP contribution in [0.25, 0.3) is 6.08 Å². The lowest BCUT2D eigenvalue weighted by Gasteiger charge is -2.49. The van der Waals surface area contributed by atoms with Gasteiger partial charge in [-0.2, -0.15) is 0 Å². The number of carbonyl (C=O) groups excluding carboxylic acids is 2. The molecule has 198 valence electrons. The first-order chi connectivity index (χ1) is 18.3. The predicted octanol–water partition coefficient (Wildman–Crippen LogP) is 2.48. The number of amides is 2. The van der Waals surface area contributed by atoms with Crippen molar-refractivity contribution in [3.05, 3.63) is 70.0 Å². The Morgan fingerprint density at radius 2 is 2.26 bits per heavy atom. The lowest BCUT2D eigenvalue weighted by atomic mass is 10.0. The Balaban J connectivity index is 1.44. The van der Waals surface area contributed by atoms with Crippen molar-refractivity contribution in [1.29, 1.82) is 0 Å². The Kier molecular flexibility index (Phi) is 8.86. The highest BCUT2D eigenvalue weighted by molar-refractivity contribution is 8.02. The van der Waals surface area contributed by atoms with Gasteiger partial charge in [-0.15, -0.1) is 34.9 Å². The fourth-order valence-corrected chi connectivity index (χ4v) is 6.43. The molecule has 4 rings (SSSR count). The molecular formula is C24H24N6O5S3. The number of hydrogen-bond acceptors (Lipinski definition) is 11. The van der Waals surface area contributed by atoms with Gasteiger partial charge in [-0.3, -0.25) is 19.5 Å². The van der Waals surface area contributed by atoms with Gasteiger partial charge < -0.3 is 21.0 Å². The molecule has 2 amide bonds. The number of pyridine rings is 1. The lowest BCUT2D eigenvalue weighted by Crippen LogP contribution is -2.71. The van der Waals surface area contributed by atoms with Crippen LogP contribution in [0.1, 0.15) is 17.0 Å². The van der Waals surface area contributed by atoms with Crippen molar-refractivity contribution in [2.24, 2.45) is 5.16 Å². The number of carboxylic acids is 1. The third kappa shape index (κ3) is 6.09. The molecular weight excluding hydrogens is 549 g/mol. The van der Waals surface area contributed by atoms with E-state index in [4.69, 9.17) is 10.6 Å². The molecule has 4 heterocycles. The van der Waals surface area contributed by atoms with Crippen LogP contribution in [0.4, 0.5) is 5.13 Å². The van der Waals surface area contributed by atoms with E-state index in [1.165, 1.54) is 34.5 Å². The highest BCUT2D eigenvalue weighted by atomic mass is 32.2. The molecule has 4 N–H and O–H groups in total. The van der Waals surface area contributed by atoms with E-state index in [0.717, 1.165) is 22.6 Å². The maximum Gasteiger partial charge on any atom is 0.352 e. The molecule has 1 unspecified atom stereocenters. The summed E-state index contributed by atoms with van der Waals surface area (Å²) >= 11 is 3.95. The summed E-state index contributed by atoms with van der Waals surface area (Å²) in [6.07, 6.45) is 5.12. The third-order valence-electron chi connectivity index (χ3n) is 5.41. The number of aryl methyl sites for hydroxylation is 1. The minimum absolute atomic E-state index is 0.0439. The van der Waals surface area contributed by atoms with Gasteiger partial charge in [0.2, 0.25) is 0 Å². The number of carboxylic acid groups (broad SMARTS) is 1. The van der Waals surface area contributed by atoms with Gasteiger partial charge in [-0.25, -0.2) is 9.78 Å². The maximum atomic E-state index is 13.0. The van der Waals surface area contributed by atoms with E-state index in [1.807, 2.05) is 30.5 Å². The van der Waals surface area contributed by atoms with Crippen LogP contribution in [-0.2, 0) is 19.2 Å². The van der Waals surface area contributed by atoms with Crippen molar-refractivity contribution >= 4 is 69.6 Å². The SMILES string of the molecule is C=CCON=C(C(=O)NC1C(=O)N2C(C(=O)O)=C(CS/C=C\c3ccc(C)nc3)CS[C@@H]12)c1csc(N)n1. The molecule has 0 aromatic carbocycles. The zero-order chi connectivity index (χ0) is 27.2. The molecule has 1 fully saturated rings. The largest absolute Gasteiger partial charge is 0.477 e. The summed E-state index contributed by atoms with van der Waals surface area (Å²) in [6, 6.07) is 2.93. The molecule has 0 spiro atoms. The number of aromatic nitrogens is 2. The number of rotatable bonds is 11. The molecule has 0 radical (unpaired) electrons. The topological polar surface area (TPSA) is 160 Å². The molecule has 0 bridgehead atoms. The van der Waals surface area contributed by atoms with Gasteiger partial charge in [0, 0.05) is 28.8 Å². The Bertz CT molecular complexity index is 1340. The van der Waals surface area contributed by atoms with E-state index in [0.29, 0.717) is 17.1 Å². The number of hydrogen-bond donors (Lipinski definition) is 3. The van der Waals surface area contributed by atoms with Crippen LogP contribution in [0.5, 0.6) is 0 Å². The van der Waals surface area contributed by atoms with E-state index in [-0.39, 0.29) is 28.8 Å². The minimum Gasteiger partial charge on any atom is -0.477 e. The Morgan fingerprint density at radius 1 is 1.45 bits per heavy atom. The van der Waals surface area contributed by atoms with E-state index < -0.39 is 29.2 Å². The summed E-state index contributed by atoms with van der Waals surface area (Å²) in [5.41, 5.74) is 8.19. The van der Waals surface area contributed by atoms with Gasteiger partial charge in [-0.05, 0) is 35.6 Å². The molecule has 2 aliphatic heterocycles. The number of fused-ring (bicyclic) bond motifs is 1. The van der Waals surface area contributed by atoms with Crippen molar-refractivity contribution in [3.63, 3.8) is 0 Å². The standard InChI is InChI=1S/C24H24N6O5S3/c1-3-7-35-29-17(16-12-38-24(25)27-16)20(31)28-18-21(32)30-19(23(33)34)15(11-37-22(18)30)10-36-8-6-14-5-4-13(2)26-9-14/h3-6,8-9,12,18,22H,1,7,10-11H2,2H3,(H2,25,27)(H,28,31)(H,33,34)/b8-6-,29-17?/t18?,22-/m0/s1. The summed E-state index contributed by atoms with van der Waals surface area (Å²) in [7, 11) is 0. The fraction of sp³-hybridized carbons (Fsp3) is 0.250. The second kappa shape index (κ2) is 12.3. The molecule has 2 aromatic heterocycles. The zero-order valence-corrected chi connectivity index (χ0v) is 22.6. The fourth-order valence-electron chi connectivity index (χ4n) is 3.61. The number of anilines is 1. The molecule has 2 aromatic rings. The molecule has 38 heavy (non-hydrogen) atoms. The summed E-state index contributed by atoms with van der Waals surface area (Å²) in [4.78, 5) is 52.8. The monoisotopic (exact) mass is 572 g/mol. The molecule has 11 nitrogen and oxygen atoms in total. The first-order valence-electron chi connectivity index (χ1n) is 11.2. The van der Waals surface area contributed by atoms with Crippen molar-refractivity contribution in [1.82, 2.24) is 20.2 Å². The van der Waals surface area contributed by atoms with Crippen LogP contribution in [0.15, 0.2) is 58.2 Å². The van der Waals surface area contributed by atoms with Gasteiger partial charge >= 0.3 is 5.97 Å². The van der Waals surface area contributed by atoms with Crippen LogP contribution in [0, 0.1) is 6.92 Å². The number of carbonyl (C=O) groups is 3. The molecule has 1 saturated heterocycles. The van der Waals surface area contributed by atoms with Crippen molar-refractivity contribution < 1.29 is 24.3 Å². The number of thioether (sulfide) groups is 2. The Morgan fingerprint density at radius 3 is 2.92 bits per heavy atom. The van der Waals surface area contributed by atoms with Crippen LogP contribution in [0.3, 0.4) is 0 Å². The van der Waals surface area contributed by atoms with E-state index in [1.54, 1.807) is 11.6 Å². The third-order valence-corrected chi connectivity index (χ3v) is 8.27. The first kappa shape index (κ1) is 27.4. The second-order valence-corrected chi connectivity index (χ2v) is 10.9. The van der Waals surface area contributed by atoms with E-state index >= 15 is 0 Å². The Labute approximate surface area is 230 Å². The van der Waals surface area contributed by atoms with Crippen LogP contribution in [0.2, 0.25) is 0 Å². The molecule has 0 saturated carbocycles. The minimum atomic E-state index is -1.19. The van der Waals surface area contributed by atoms with Crippen LogP contribution < -0.4 is 11.1 Å². The number of nitrogens with two attached hydrogens (primary N) is 1. The van der Waals surface area contributed by atoms with Gasteiger partial charge in [0.25, 0.3) is 11.8 Å². The number of aliphatic carboxylic acids is 1. The number of β-lactam (4-membered cyclic amide) rings is 1. The average Bonchev–Trinajstić information content (AvgIpc) is 3.33. The average molecular weight is 573 g/mol. The van der Waals surface area contributed by atoms with Crippen molar-refractivity contribution in [3.8, 4) is 0 Å². The highest BCUT2D eigenvalue weighted by Gasteiger charge is 2.54. The predicted molar refractivity (Wildman–Crippen MR) is 149 cm³/mol. The number of nitrogens with zero attached hydrogens (tertiary/aromatic N) is 4. The summed E-state index contributed by atoms with van der Waals surface area (Å²) in [5.74, 6) is -1.58. The van der Waals surface area contributed by atoms with Gasteiger partial charge in [-0.1, -0.05) is 23.9 Å². The lowest BCUT2D eigenvalue weighted by molar-refractivity contribution is -0.150. The summed E-state index contributed by atoms with van der Waals surface area (Å²) in [6.45, 7) is 5.50. The van der Waals surface area contributed by atoms with E-state index in [9.17, 15) is 19.5 Å². The van der Waals surface area contributed by atoms with Gasteiger partial charge in [0.1, 0.15) is 29.4 Å². The number of nitrogens with one attached hydrogen (secondary N) is 1. The summed E-state index contributed by atoms with van der Waals surface area (Å²) < 4.78 is 0. The van der Waals surface area contributed by atoms with Gasteiger partial charge in [0.05, 0.1) is 0 Å². The second-order valence-electron chi connectivity index (χ2n) is 8.06. The van der Waals surface area contributed by atoms with E-state index in [2.05, 4.69) is 27.0 Å². The van der Waals surface area contributed by atoms with Gasteiger partial charge in [0.15, 0.2) is 10.8 Å². The Hall–Kier alpha value is -3.62. The quantitative estimate of drug-likeness (QED) is 0.120. The number of oxime groups is 1. The molecule has 2 atom stereocenters. The molecule has 2 aliphatic rings.